The maximum atomic E-state index is 12.9. The highest BCUT2D eigenvalue weighted by Gasteiger charge is 2.30. The van der Waals surface area contributed by atoms with E-state index in [-0.39, 0.29) is 11.9 Å². The largest absolute Gasteiger partial charge is 0.340 e. The van der Waals surface area contributed by atoms with E-state index in [0.717, 1.165) is 0 Å². The van der Waals surface area contributed by atoms with Gasteiger partial charge in [0.2, 0.25) is 15.9 Å². The van der Waals surface area contributed by atoms with Gasteiger partial charge in [0.25, 0.3) is 0 Å². The summed E-state index contributed by atoms with van der Waals surface area (Å²) in [6, 6.07) is 7.26. The molecule has 6 nitrogen and oxygen atoms in total. The van der Waals surface area contributed by atoms with Crippen molar-refractivity contribution in [3.8, 4) is 0 Å². The molecule has 2 aliphatic rings. The van der Waals surface area contributed by atoms with Gasteiger partial charge in [-0.1, -0.05) is 31.4 Å². The lowest BCUT2D eigenvalue weighted by Crippen LogP contribution is -2.51. The Morgan fingerprint density at radius 3 is 2.22 bits per heavy atom. The summed E-state index contributed by atoms with van der Waals surface area (Å²) in [6.45, 7) is 3.31. The van der Waals surface area contributed by atoms with Gasteiger partial charge in [-0.3, -0.25) is 4.79 Å². The fraction of sp³-hybridized carbons (Fsp3) is 0.650. The predicted octanol–water partition coefficient (Wildman–Crippen LogP) is 2.30. The van der Waals surface area contributed by atoms with Crippen LogP contribution in [0.5, 0.6) is 0 Å². The smallest absolute Gasteiger partial charge is 0.243 e. The number of rotatable bonds is 5. The number of piperazine rings is 1. The molecule has 1 unspecified atom stereocenters. The maximum Gasteiger partial charge on any atom is 0.243 e. The molecule has 1 atom stereocenters. The van der Waals surface area contributed by atoms with Crippen LogP contribution in [0.15, 0.2) is 29.2 Å². The van der Waals surface area contributed by atoms with Crippen LogP contribution < -0.4 is 5.73 Å². The summed E-state index contributed by atoms with van der Waals surface area (Å²) < 4.78 is 27.3. The van der Waals surface area contributed by atoms with E-state index in [1.165, 1.54) is 42.0 Å². The van der Waals surface area contributed by atoms with Gasteiger partial charge in [-0.15, -0.1) is 0 Å². The van der Waals surface area contributed by atoms with Gasteiger partial charge in [-0.05, 0) is 43.4 Å². The lowest BCUT2D eigenvalue weighted by Gasteiger charge is -2.34. The van der Waals surface area contributed by atoms with Gasteiger partial charge in [-0.2, -0.15) is 4.31 Å². The summed E-state index contributed by atoms with van der Waals surface area (Å²) in [5, 5.41) is 0. The summed E-state index contributed by atoms with van der Waals surface area (Å²) in [5.41, 5.74) is 6.93. The van der Waals surface area contributed by atoms with Crippen LogP contribution in [0.25, 0.3) is 0 Å². The second-order valence-corrected chi connectivity index (χ2v) is 9.81. The van der Waals surface area contributed by atoms with E-state index in [1.54, 1.807) is 24.0 Å². The third kappa shape index (κ3) is 4.89. The van der Waals surface area contributed by atoms with E-state index in [4.69, 9.17) is 5.73 Å². The highest BCUT2D eigenvalue weighted by molar-refractivity contribution is 7.89. The van der Waals surface area contributed by atoms with Crippen molar-refractivity contribution in [2.24, 2.45) is 5.73 Å². The van der Waals surface area contributed by atoms with Crippen LogP contribution in [0.3, 0.4) is 0 Å². The van der Waals surface area contributed by atoms with Crippen molar-refractivity contribution >= 4 is 15.9 Å². The van der Waals surface area contributed by atoms with Gasteiger partial charge in [-0.25, -0.2) is 8.42 Å². The lowest BCUT2D eigenvalue weighted by atomic mass is 9.84. The summed E-state index contributed by atoms with van der Waals surface area (Å²) in [7, 11) is -3.51. The van der Waals surface area contributed by atoms with Crippen LogP contribution >= 0.6 is 0 Å². The first kappa shape index (κ1) is 20.3. The van der Waals surface area contributed by atoms with Gasteiger partial charge >= 0.3 is 0 Å². The highest BCUT2D eigenvalue weighted by Crippen LogP contribution is 2.33. The van der Waals surface area contributed by atoms with Crippen LogP contribution in [0.4, 0.5) is 0 Å². The molecule has 1 amide bonds. The van der Waals surface area contributed by atoms with Gasteiger partial charge in [0.1, 0.15) is 0 Å². The summed E-state index contributed by atoms with van der Waals surface area (Å²) in [5.74, 6) is 0.564. The van der Waals surface area contributed by atoms with Gasteiger partial charge in [0, 0.05) is 38.6 Å². The zero-order valence-electron chi connectivity index (χ0n) is 16.1. The highest BCUT2D eigenvalue weighted by atomic mass is 32.2. The number of hydrogen-bond donors (Lipinski definition) is 1. The first-order chi connectivity index (χ1) is 12.9. The van der Waals surface area contributed by atoms with E-state index >= 15 is 0 Å². The molecular formula is C20H31N3O3S. The van der Waals surface area contributed by atoms with Gasteiger partial charge in [0.15, 0.2) is 0 Å². The molecule has 1 aromatic rings. The minimum absolute atomic E-state index is 0.00103. The summed E-state index contributed by atoms with van der Waals surface area (Å²) in [4.78, 5) is 14.2. The summed E-state index contributed by atoms with van der Waals surface area (Å²) >= 11 is 0. The number of carbonyl (C=O) groups is 1. The molecule has 1 aliphatic heterocycles. The molecule has 27 heavy (non-hydrogen) atoms. The fourth-order valence-corrected chi connectivity index (χ4v) is 5.50. The molecule has 150 valence electrons. The lowest BCUT2D eigenvalue weighted by molar-refractivity contribution is -0.132. The molecule has 0 spiro atoms. The van der Waals surface area contributed by atoms with Gasteiger partial charge in [0.05, 0.1) is 4.90 Å². The molecule has 2 fully saturated rings. The zero-order valence-corrected chi connectivity index (χ0v) is 17.0. The minimum Gasteiger partial charge on any atom is -0.340 e. The van der Waals surface area contributed by atoms with Crippen molar-refractivity contribution in [2.75, 3.05) is 26.2 Å². The molecule has 1 heterocycles. The topological polar surface area (TPSA) is 83.7 Å². The zero-order chi connectivity index (χ0) is 19.4. The Hall–Kier alpha value is -1.44. The number of sulfonamides is 1. The molecular weight excluding hydrogens is 362 g/mol. The number of carbonyl (C=O) groups excluding carboxylic acids is 1. The number of benzene rings is 1. The molecule has 0 radical (unpaired) electrons. The van der Waals surface area contributed by atoms with Crippen LogP contribution in [-0.2, 0) is 14.8 Å². The fourth-order valence-electron chi connectivity index (χ4n) is 4.08. The van der Waals surface area contributed by atoms with Crippen molar-refractivity contribution < 1.29 is 13.2 Å². The van der Waals surface area contributed by atoms with E-state index in [1.807, 2.05) is 12.1 Å². The summed E-state index contributed by atoms with van der Waals surface area (Å²) in [6.07, 6.45) is 6.53. The molecule has 2 N–H and O–H groups in total. The van der Waals surface area contributed by atoms with E-state index in [2.05, 4.69) is 0 Å². The number of nitrogens with zero attached hydrogens (tertiary/aromatic N) is 2. The quantitative estimate of drug-likeness (QED) is 0.832. The Morgan fingerprint density at radius 1 is 1.07 bits per heavy atom. The average molecular weight is 394 g/mol. The molecule has 0 aromatic heterocycles. The van der Waals surface area contributed by atoms with Crippen LogP contribution in [0.2, 0.25) is 0 Å². The molecule has 1 aliphatic carbocycles. The molecule has 0 bridgehead atoms. The second kappa shape index (κ2) is 8.71. The van der Waals surface area contributed by atoms with Crippen LogP contribution in [0, 0.1) is 0 Å². The van der Waals surface area contributed by atoms with Crippen LogP contribution in [-0.4, -0.2) is 55.8 Å². The molecule has 1 aromatic carbocycles. The monoisotopic (exact) mass is 393 g/mol. The van der Waals surface area contributed by atoms with E-state index < -0.39 is 10.0 Å². The molecule has 1 saturated heterocycles. The van der Waals surface area contributed by atoms with Crippen molar-refractivity contribution in [1.82, 2.24) is 9.21 Å². The first-order valence-electron chi connectivity index (χ1n) is 10.0. The number of nitrogens with two attached hydrogens (primary N) is 1. The molecule has 3 rings (SSSR count). The third-order valence-electron chi connectivity index (χ3n) is 5.68. The molecule has 1 saturated carbocycles. The van der Waals surface area contributed by atoms with Crippen molar-refractivity contribution in [3.05, 3.63) is 29.8 Å². The van der Waals surface area contributed by atoms with E-state index in [0.29, 0.717) is 43.4 Å². The normalized spacial score (nSPS) is 21.2. The van der Waals surface area contributed by atoms with Crippen molar-refractivity contribution in [2.45, 2.75) is 62.3 Å². The Kier molecular flexibility index (Phi) is 6.55. The average Bonchev–Trinajstić information content (AvgIpc) is 2.68. The van der Waals surface area contributed by atoms with Crippen LogP contribution in [0.1, 0.15) is 56.9 Å². The maximum absolute atomic E-state index is 12.9. The SMILES string of the molecule is CC(N)CC(=O)N1CCN(S(=O)(=O)c2ccc(C3CCCCC3)cc2)CC1. The van der Waals surface area contributed by atoms with Gasteiger partial charge < -0.3 is 10.6 Å². The number of hydrogen-bond acceptors (Lipinski definition) is 4. The second-order valence-electron chi connectivity index (χ2n) is 7.87. The molecule has 7 heteroatoms. The first-order valence-corrected chi connectivity index (χ1v) is 11.5. The Labute approximate surface area is 162 Å². The van der Waals surface area contributed by atoms with E-state index in [9.17, 15) is 13.2 Å². The minimum atomic E-state index is -3.51. The Morgan fingerprint density at radius 2 is 1.67 bits per heavy atom. The Balaban J connectivity index is 1.62. The van der Waals surface area contributed by atoms with Crippen molar-refractivity contribution in [1.29, 1.82) is 0 Å². The third-order valence-corrected chi connectivity index (χ3v) is 7.60. The predicted molar refractivity (Wildman–Crippen MR) is 106 cm³/mol. The standard InChI is InChI=1S/C20H31N3O3S/c1-16(21)15-20(24)22-11-13-23(14-12-22)27(25,26)19-9-7-18(8-10-19)17-5-3-2-4-6-17/h7-10,16-17H,2-6,11-15,21H2,1H3. The van der Waals surface area contributed by atoms with Crippen molar-refractivity contribution in [3.63, 3.8) is 0 Å². The Bertz CT molecular complexity index is 732. The number of amides is 1.